The van der Waals surface area contributed by atoms with Crippen molar-refractivity contribution >= 4 is 50.7 Å². The molecule has 3 nitrogen and oxygen atoms in total. The topological polar surface area (TPSA) is 38.3 Å². The standard InChI is InChI=1S/C14H10BrCl2NO2/c15-9-2-1-3-11(6-9)18-14(19)8-20-13-5-4-10(16)7-12(13)17/h1-7H,8H2,(H,18,19). The van der Waals surface area contributed by atoms with Gasteiger partial charge in [-0.2, -0.15) is 0 Å². The monoisotopic (exact) mass is 373 g/mol. The molecule has 1 N–H and O–H groups in total. The molecule has 104 valence electrons. The zero-order chi connectivity index (χ0) is 14.5. The first-order valence-electron chi connectivity index (χ1n) is 5.68. The van der Waals surface area contributed by atoms with Gasteiger partial charge < -0.3 is 10.1 Å². The lowest BCUT2D eigenvalue weighted by atomic mass is 10.3. The van der Waals surface area contributed by atoms with Crippen molar-refractivity contribution in [2.45, 2.75) is 0 Å². The van der Waals surface area contributed by atoms with Crippen LogP contribution in [0.15, 0.2) is 46.9 Å². The van der Waals surface area contributed by atoms with Crippen LogP contribution in [0.25, 0.3) is 0 Å². The van der Waals surface area contributed by atoms with Crippen LogP contribution >= 0.6 is 39.1 Å². The molecule has 20 heavy (non-hydrogen) atoms. The van der Waals surface area contributed by atoms with Gasteiger partial charge in [0.1, 0.15) is 5.75 Å². The molecule has 0 aliphatic carbocycles. The van der Waals surface area contributed by atoms with Crippen LogP contribution in [0.2, 0.25) is 10.0 Å². The zero-order valence-corrected chi connectivity index (χ0v) is 13.3. The van der Waals surface area contributed by atoms with Gasteiger partial charge in [-0.25, -0.2) is 0 Å². The molecule has 2 rings (SSSR count). The highest BCUT2D eigenvalue weighted by Crippen LogP contribution is 2.27. The summed E-state index contributed by atoms with van der Waals surface area (Å²) in [5.74, 6) is 0.148. The number of halogens is 3. The number of carbonyl (C=O) groups excluding carboxylic acids is 1. The summed E-state index contributed by atoms with van der Waals surface area (Å²) in [7, 11) is 0. The first-order chi connectivity index (χ1) is 9.54. The maximum absolute atomic E-state index is 11.8. The van der Waals surface area contributed by atoms with Crippen LogP contribution in [0.3, 0.4) is 0 Å². The summed E-state index contributed by atoms with van der Waals surface area (Å²) in [6.07, 6.45) is 0. The zero-order valence-electron chi connectivity index (χ0n) is 10.2. The summed E-state index contributed by atoms with van der Waals surface area (Å²) in [6.45, 7) is -0.131. The number of anilines is 1. The van der Waals surface area contributed by atoms with Crippen molar-refractivity contribution in [1.29, 1.82) is 0 Å². The van der Waals surface area contributed by atoms with E-state index >= 15 is 0 Å². The highest BCUT2D eigenvalue weighted by atomic mass is 79.9. The average molecular weight is 375 g/mol. The number of carbonyl (C=O) groups is 1. The predicted octanol–water partition coefficient (Wildman–Crippen LogP) is 4.77. The van der Waals surface area contributed by atoms with Gasteiger partial charge >= 0.3 is 0 Å². The number of ether oxygens (including phenoxy) is 1. The highest BCUT2D eigenvalue weighted by Gasteiger charge is 2.07. The largest absolute Gasteiger partial charge is 0.482 e. The van der Waals surface area contributed by atoms with Crippen molar-refractivity contribution in [3.63, 3.8) is 0 Å². The highest BCUT2D eigenvalue weighted by molar-refractivity contribution is 9.10. The molecule has 0 radical (unpaired) electrons. The van der Waals surface area contributed by atoms with Crippen molar-refractivity contribution in [2.75, 3.05) is 11.9 Å². The van der Waals surface area contributed by atoms with E-state index in [2.05, 4.69) is 21.2 Å². The summed E-state index contributed by atoms with van der Waals surface area (Å²) in [5, 5.41) is 3.60. The van der Waals surface area contributed by atoms with Crippen LogP contribution in [0.1, 0.15) is 0 Å². The second-order valence-electron chi connectivity index (χ2n) is 3.92. The predicted molar refractivity (Wildman–Crippen MR) is 84.7 cm³/mol. The molecule has 2 aromatic carbocycles. The molecule has 0 atom stereocenters. The van der Waals surface area contributed by atoms with Gasteiger partial charge in [0.2, 0.25) is 0 Å². The quantitative estimate of drug-likeness (QED) is 0.836. The van der Waals surface area contributed by atoms with Crippen LogP contribution in [-0.4, -0.2) is 12.5 Å². The summed E-state index contributed by atoms with van der Waals surface area (Å²) in [5.41, 5.74) is 0.690. The van der Waals surface area contributed by atoms with Gasteiger partial charge in [0.05, 0.1) is 5.02 Å². The molecule has 0 unspecified atom stereocenters. The molecule has 0 saturated carbocycles. The fourth-order valence-corrected chi connectivity index (χ4v) is 2.36. The molecule has 0 aliphatic rings. The Hall–Kier alpha value is -1.23. The molecule has 6 heteroatoms. The van der Waals surface area contributed by atoms with Crippen molar-refractivity contribution in [2.24, 2.45) is 0 Å². The molecule has 0 heterocycles. The maximum Gasteiger partial charge on any atom is 0.262 e. The Balaban J connectivity index is 1.92. The summed E-state index contributed by atoms with van der Waals surface area (Å²) in [4.78, 5) is 11.8. The normalized spacial score (nSPS) is 10.2. The molecule has 0 fully saturated rings. The van der Waals surface area contributed by atoms with Gasteiger partial charge in [0, 0.05) is 15.2 Å². The number of benzene rings is 2. The van der Waals surface area contributed by atoms with Gasteiger partial charge in [0.25, 0.3) is 5.91 Å². The number of hydrogen-bond acceptors (Lipinski definition) is 2. The van der Waals surface area contributed by atoms with Crippen molar-refractivity contribution < 1.29 is 9.53 Å². The lowest BCUT2D eigenvalue weighted by Crippen LogP contribution is -2.20. The van der Waals surface area contributed by atoms with E-state index < -0.39 is 0 Å². The Bertz CT molecular complexity index is 634. The fraction of sp³-hybridized carbons (Fsp3) is 0.0714. The van der Waals surface area contributed by atoms with Crippen LogP contribution in [0.4, 0.5) is 5.69 Å². The molecule has 0 aliphatic heterocycles. The lowest BCUT2D eigenvalue weighted by molar-refractivity contribution is -0.118. The lowest BCUT2D eigenvalue weighted by Gasteiger charge is -2.09. The van der Waals surface area contributed by atoms with Crippen LogP contribution in [-0.2, 0) is 4.79 Å². The second-order valence-corrected chi connectivity index (χ2v) is 5.68. The third-order valence-corrected chi connectivity index (χ3v) is 3.38. The van der Waals surface area contributed by atoms with Crippen LogP contribution < -0.4 is 10.1 Å². The first kappa shape index (κ1) is 15.2. The van der Waals surface area contributed by atoms with Gasteiger partial charge in [0.15, 0.2) is 6.61 Å². The van der Waals surface area contributed by atoms with Crippen molar-refractivity contribution in [3.05, 3.63) is 57.0 Å². The Kier molecular flexibility index (Phi) is 5.29. The molecule has 0 aromatic heterocycles. The van der Waals surface area contributed by atoms with Crippen molar-refractivity contribution in [3.8, 4) is 5.75 Å². The molecular formula is C14H10BrCl2NO2. The summed E-state index contributed by atoms with van der Waals surface area (Å²) >= 11 is 15.1. The minimum Gasteiger partial charge on any atom is -0.482 e. The Morgan fingerprint density at radius 3 is 2.70 bits per heavy atom. The van der Waals surface area contributed by atoms with Gasteiger partial charge in [-0.15, -0.1) is 0 Å². The Morgan fingerprint density at radius 2 is 2.00 bits per heavy atom. The fourth-order valence-electron chi connectivity index (χ4n) is 1.50. The van der Waals surface area contributed by atoms with Gasteiger partial charge in [-0.3, -0.25) is 4.79 Å². The summed E-state index contributed by atoms with van der Waals surface area (Å²) in [6, 6.07) is 12.1. The third kappa shape index (κ3) is 4.40. The first-order valence-corrected chi connectivity index (χ1v) is 7.23. The molecular weight excluding hydrogens is 365 g/mol. The molecule has 2 aromatic rings. The van der Waals surface area contributed by atoms with E-state index in [0.29, 0.717) is 21.5 Å². The molecule has 1 amide bonds. The van der Waals surface area contributed by atoms with Crippen LogP contribution in [0, 0.1) is 0 Å². The van der Waals surface area contributed by atoms with Crippen molar-refractivity contribution in [1.82, 2.24) is 0 Å². The number of rotatable bonds is 4. The number of amides is 1. The second kappa shape index (κ2) is 6.97. The third-order valence-electron chi connectivity index (χ3n) is 2.36. The van der Waals surface area contributed by atoms with E-state index in [1.165, 1.54) is 0 Å². The Labute approximate surface area is 135 Å². The van der Waals surface area contributed by atoms with Crippen LogP contribution in [0.5, 0.6) is 5.75 Å². The van der Waals surface area contributed by atoms with E-state index in [0.717, 1.165) is 4.47 Å². The van der Waals surface area contributed by atoms with Gasteiger partial charge in [-0.05, 0) is 36.4 Å². The molecule has 0 bridgehead atoms. The number of nitrogens with one attached hydrogen (secondary N) is 1. The molecule has 0 saturated heterocycles. The SMILES string of the molecule is O=C(COc1ccc(Cl)cc1Cl)Nc1cccc(Br)c1. The van der Waals surface area contributed by atoms with E-state index in [1.807, 2.05) is 12.1 Å². The van der Waals surface area contributed by atoms with E-state index in [9.17, 15) is 4.79 Å². The maximum atomic E-state index is 11.8. The van der Waals surface area contributed by atoms with E-state index in [4.69, 9.17) is 27.9 Å². The smallest absolute Gasteiger partial charge is 0.262 e. The molecule has 0 spiro atoms. The average Bonchev–Trinajstić information content (AvgIpc) is 2.37. The Morgan fingerprint density at radius 1 is 1.20 bits per heavy atom. The summed E-state index contributed by atoms with van der Waals surface area (Å²) < 4.78 is 6.23. The minimum absolute atomic E-state index is 0.131. The minimum atomic E-state index is -0.269. The number of hydrogen-bond donors (Lipinski definition) is 1. The van der Waals surface area contributed by atoms with E-state index in [1.54, 1.807) is 30.3 Å². The van der Waals surface area contributed by atoms with Gasteiger partial charge in [-0.1, -0.05) is 45.2 Å². The van der Waals surface area contributed by atoms with E-state index in [-0.39, 0.29) is 12.5 Å².